The van der Waals surface area contributed by atoms with Crippen LogP contribution < -0.4 is 5.32 Å². The van der Waals surface area contributed by atoms with E-state index in [1.807, 2.05) is 30.4 Å². The first-order valence-corrected chi connectivity index (χ1v) is 18.2. The third-order valence-electron chi connectivity index (χ3n) is 8.05. The van der Waals surface area contributed by atoms with Crippen LogP contribution in [0.1, 0.15) is 72.4 Å². The van der Waals surface area contributed by atoms with E-state index in [1.54, 1.807) is 19.1 Å². The monoisotopic (exact) mass is 804 g/mol. The molecule has 2 N–H and O–H groups in total. The number of ether oxygens (including phenoxy) is 2. The van der Waals surface area contributed by atoms with E-state index in [0.29, 0.717) is 12.8 Å². The van der Waals surface area contributed by atoms with Gasteiger partial charge in [0.05, 0.1) is 24.9 Å². The van der Waals surface area contributed by atoms with Crippen LogP contribution in [0.15, 0.2) is 81.0 Å². The molecule has 1 aliphatic heterocycles. The Bertz CT molecular complexity index is 2490. The predicted molar refractivity (Wildman–Crippen MR) is 282 cm³/mol. The fourth-order valence-electron chi connectivity index (χ4n) is 5.41. The van der Waals surface area contributed by atoms with Crippen LogP contribution >= 0.6 is 0 Å². The van der Waals surface area contributed by atoms with Crippen LogP contribution in [0.3, 0.4) is 0 Å². The van der Waals surface area contributed by atoms with Crippen molar-refractivity contribution in [2.75, 3.05) is 6.61 Å². The zero-order valence-corrected chi connectivity index (χ0v) is 32.5. The number of rotatable bonds is 15. The maximum Gasteiger partial charge on any atom is 0.297 e. The number of unbranched alkanes of at least 4 members (excludes halogenated alkanes) is 1. The average Bonchev–Trinajstić information content (AvgIpc) is 3.24. The van der Waals surface area contributed by atoms with Crippen molar-refractivity contribution < 1.29 is 53.6 Å². The molecule has 2 rings (SSSR count). The SMILES string of the molecule is C=CCC1O[C@H](OC[C@H](NC(=O)C#CC#CC#CC#CC#CC#CC#CC#CC#CC#CC#CC#CC)[C@H](O)CCCCc2ccccc2)C(C=C)[C@@H](C=C)[C@H]1C=C.[HH].[HH].[HH].[HH].[HH].[HH].[HH].[HH].[HH].[HH].[HH].[HH].[HH].[HH].[HH].[HH].[HH].[HH].[HH].[HH].[HH].[HH].[HH].[HH]. The topological polar surface area (TPSA) is 67.8 Å². The van der Waals surface area contributed by atoms with Crippen molar-refractivity contribution in [2.24, 2.45) is 17.8 Å². The van der Waals surface area contributed by atoms with E-state index in [-0.39, 0.29) is 64.7 Å². The third-order valence-corrected chi connectivity index (χ3v) is 8.05. The second-order valence-electron chi connectivity index (χ2n) is 11.8. The first-order chi connectivity index (χ1) is 28.5. The van der Waals surface area contributed by atoms with Crippen molar-refractivity contribution in [3.8, 4) is 142 Å². The maximum atomic E-state index is 12.9. The van der Waals surface area contributed by atoms with Crippen molar-refractivity contribution in [1.29, 1.82) is 0 Å². The highest BCUT2D eigenvalue weighted by Gasteiger charge is 2.42. The van der Waals surface area contributed by atoms with Crippen molar-refractivity contribution in [3.63, 3.8) is 0 Å². The summed E-state index contributed by atoms with van der Waals surface area (Å²) in [6.45, 7) is 17.6. The average molecular weight is 804 g/mol. The lowest BCUT2D eigenvalue weighted by Crippen LogP contribution is -2.50. The van der Waals surface area contributed by atoms with E-state index in [1.165, 1.54) is 5.56 Å². The zero-order valence-electron chi connectivity index (χ0n) is 32.5. The molecule has 0 radical (unpaired) electrons. The number of hydrogen-bond donors (Lipinski definition) is 2. The van der Waals surface area contributed by atoms with Gasteiger partial charge in [-0.2, -0.15) is 0 Å². The molecule has 5 heteroatoms. The summed E-state index contributed by atoms with van der Waals surface area (Å²) in [6, 6.07) is 9.37. The molecule has 0 aromatic heterocycles. The summed E-state index contributed by atoms with van der Waals surface area (Å²) in [5, 5.41) is 14.0. The Kier molecular flexibility index (Phi) is 24.5. The van der Waals surface area contributed by atoms with Crippen LogP contribution in [-0.2, 0) is 20.7 Å². The summed E-state index contributed by atoms with van der Waals surface area (Å²) in [4.78, 5) is 12.9. The number of benzene rings is 1. The molecule has 0 aliphatic carbocycles. The number of hydrogen-bond acceptors (Lipinski definition) is 4. The van der Waals surface area contributed by atoms with Crippen molar-refractivity contribution in [2.45, 2.75) is 63.6 Å². The van der Waals surface area contributed by atoms with Gasteiger partial charge in [0.15, 0.2) is 6.29 Å². The van der Waals surface area contributed by atoms with Gasteiger partial charge in [-0.1, -0.05) is 67.0 Å². The van der Waals surface area contributed by atoms with Crippen LogP contribution in [0.2, 0.25) is 0 Å². The Labute approximate surface area is 381 Å². The van der Waals surface area contributed by atoms with E-state index < -0.39 is 24.3 Å². The Morgan fingerprint density at radius 2 is 1.21 bits per heavy atom. The van der Waals surface area contributed by atoms with Gasteiger partial charge in [0.25, 0.3) is 5.91 Å². The van der Waals surface area contributed by atoms with Crippen LogP contribution in [-0.4, -0.2) is 42.2 Å². The molecule has 7 atom stereocenters. The van der Waals surface area contributed by atoms with Gasteiger partial charge in [-0.05, 0) is 139 Å². The van der Waals surface area contributed by atoms with Gasteiger partial charge in [-0.25, -0.2) is 0 Å². The minimum absolute atomic E-state index is 0. The molecule has 1 aromatic rings. The number of amides is 1. The van der Waals surface area contributed by atoms with E-state index in [9.17, 15) is 9.90 Å². The molecule has 1 fully saturated rings. The fourth-order valence-corrected chi connectivity index (χ4v) is 5.41. The lowest BCUT2D eigenvalue weighted by atomic mass is 9.75. The molecule has 330 valence electrons. The summed E-state index contributed by atoms with van der Waals surface area (Å²) in [6.07, 6.45) is 8.98. The van der Waals surface area contributed by atoms with Crippen LogP contribution in [0, 0.1) is 160 Å². The highest BCUT2D eigenvalue weighted by molar-refractivity contribution is 5.94. The summed E-state index contributed by atoms with van der Waals surface area (Å²) in [7, 11) is 0. The first-order valence-electron chi connectivity index (χ1n) is 18.2. The third kappa shape index (κ3) is 19.5. The molecule has 1 aliphatic rings. The summed E-state index contributed by atoms with van der Waals surface area (Å²) < 4.78 is 12.6. The number of allylic oxidation sites excluding steroid dienone is 1. The lowest BCUT2D eigenvalue weighted by Gasteiger charge is -2.44. The van der Waals surface area contributed by atoms with Gasteiger partial charge in [0.1, 0.15) is 0 Å². The molecular formula is C53H89NO4. The standard InChI is InChI=1S/C53H41NO4.24H2/c1-6-11-12-13-14-15-16-17-18-19-20-21-22-23-24-25-26-27-28-29-30-31-35-43-52(56)54-49(50(55)42-37-36-41-45-39-33-32-34-40-45)44-57-53-48(10-5)46(8-3)47(9-4)51(58-53)38-7-2;;;;;;;;;;;;;;;;;;;;;;;;/h7-10,32-34,39-40,46-51,53,55H,2-5,36-38,41-42,44H2,1H3,(H,54,56);24*1H/t46-,47+,48?,49-,50+,51?,53-;;;;;;;;;;;;;;;;;;;;;;;;/m0......................../s1. The van der Waals surface area contributed by atoms with Gasteiger partial charge in [0, 0.05) is 87.5 Å². The second-order valence-corrected chi connectivity index (χ2v) is 11.8. The summed E-state index contributed by atoms with van der Waals surface area (Å²) in [5.41, 5.74) is 1.22. The predicted octanol–water partition coefficient (Wildman–Crippen LogP) is 10.9. The minimum atomic E-state index is -0.908. The smallest absolute Gasteiger partial charge is 0.297 e. The van der Waals surface area contributed by atoms with E-state index in [2.05, 4.69) is 186 Å². The molecule has 0 saturated carbocycles. The fraction of sp³-hybridized carbons (Fsp3) is 0.264. The molecule has 1 saturated heterocycles. The quantitative estimate of drug-likeness (QED) is 0.105. The molecule has 0 bridgehead atoms. The molecule has 0 spiro atoms. The molecule has 1 heterocycles. The lowest BCUT2D eigenvalue weighted by molar-refractivity contribution is -0.236. The zero-order chi connectivity index (χ0) is 41.9. The number of carbonyl (C=O) groups excluding carboxylic acids is 1. The largest absolute Gasteiger partial charge is 0.391 e. The second kappa shape index (κ2) is 30.6. The van der Waals surface area contributed by atoms with Crippen molar-refractivity contribution in [1.82, 2.24) is 5.32 Å². The number of aryl methyl sites for hydroxylation is 1. The Morgan fingerprint density at radius 3 is 1.67 bits per heavy atom. The van der Waals surface area contributed by atoms with Gasteiger partial charge in [-0.15, -0.1) is 26.3 Å². The van der Waals surface area contributed by atoms with Crippen molar-refractivity contribution in [3.05, 3.63) is 86.5 Å². The summed E-state index contributed by atoms with van der Waals surface area (Å²) >= 11 is 0. The van der Waals surface area contributed by atoms with E-state index >= 15 is 0 Å². The van der Waals surface area contributed by atoms with Gasteiger partial charge >= 0.3 is 0 Å². The molecule has 2 unspecified atom stereocenters. The Balaban J connectivity index is -0.0000000691. The van der Waals surface area contributed by atoms with Crippen LogP contribution in [0.5, 0.6) is 0 Å². The van der Waals surface area contributed by atoms with Gasteiger partial charge in [-0.3, -0.25) is 4.79 Å². The Morgan fingerprint density at radius 1 is 0.724 bits per heavy atom. The van der Waals surface area contributed by atoms with Crippen LogP contribution in [0.25, 0.3) is 0 Å². The minimum Gasteiger partial charge on any atom is -0.391 e. The highest BCUT2D eigenvalue weighted by atomic mass is 16.7. The number of nitrogens with one attached hydrogen (secondary N) is 1. The number of aliphatic hydroxyl groups is 1. The maximum absolute atomic E-state index is 12.9. The molecule has 1 amide bonds. The normalized spacial score (nSPS) is 17.0. The molecule has 58 heavy (non-hydrogen) atoms. The van der Waals surface area contributed by atoms with Gasteiger partial charge < -0.3 is 19.9 Å². The Hall–Kier alpha value is -7.75. The summed E-state index contributed by atoms with van der Waals surface area (Å²) in [5.74, 6) is 59.5. The van der Waals surface area contributed by atoms with Crippen molar-refractivity contribution >= 4 is 5.91 Å². The number of carbonyl (C=O) groups is 1. The van der Waals surface area contributed by atoms with Gasteiger partial charge in [0.2, 0.25) is 0 Å². The van der Waals surface area contributed by atoms with Crippen LogP contribution in [0.4, 0.5) is 0 Å². The highest BCUT2D eigenvalue weighted by Crippen LogP contribution is 2.39. The van der Waals surface area contributed by atoms with E-state index in [4.69, 9.17) is 9.47 Å². The molecular weight excluding hydrogens is 715 g/mol. The van der Waals surface area contributed by atoms with E-state index in [0.717, 1.165) is 19.3 Å². The first kappa shape index (κ1) is 46.4. The number of aliphatic hydroxyl groups excluding tert-OH is 1. The molecule has 1 aromatic carbocycles. The molecule has 5 nitrogen and oxygen atoms in total.